The second kappa shape index (κ2) is 4.92. The van der Waals surface area contributed by atoms with Crippen molar-refractivity contribution >= 4 is 11.8 Å². The number of carbonyl (C=O) groups excluding carboxylic acids is 2. The molecule has 0 spiro atoms. The molecule has 17 heavy (non-hydrogen) atoms. The van der Waals surface area contributed by atoms with E-state index < -0.39 is 17.4 Å². The molecule has 0 unspecified atom stereocenters. The van der Waals surface area contributed by atoms with E-state index in [-0.39, 0.29) is 17.8 Å². The molecule has 0 aliphatic rings. The summed E-state index contributed by atoms with van der Waals surface area (Å²) in [6.45, 7) is 3.23. The molecule has 6 nitrogen and oxygen atoms in total. The molecule has 0 saturated carbocycles. The Bertz CT molecular complexity index is 438. The van der Waals surface area contributed by atoms with E-state index in [0.29, 0.717) is 0 Å². The van der Waals surface area contributed by atoms with Crippen LogP contribution in [0.1, 0.15) is 34.7 Å². The Morgan fingerprint density at radius 1 is 1.59 bits per heavy atom. The zero-order valence-electron chi connectivity index (χ0n) is 9.65. The first-order valence-electron chi connectivity index (χ1n) is 4.98. The number of primary amides is 1. The largest absolute Gasteiger partial charge is 0.389 e. The molecule has 2 amide bonds. The Kier molecular flexibility index (Phi) is 3.80. The summed E-state index contributed by atoms with van der Waals surface area (Å²) in [6.07, 6.45) is 1.30. The molecule has 1 heterocycles. The van der Waals surface area contributed by atoms with Crippen molar-refractivity contribution in [3.63, 3.8) is 0 Å². The Labute approximate surface area is 98.8 Å². The smallest absolute Gasteiger partial charge is 0.267 e. The highest BCUT2D eigenvalue weighted by Gasteiger charge is 2.15. The number of hydrogen-bond acceptors (Lipinski definition) is 4. The van der Waals surface area contributed by atoms with Crippen LogP contribution in [0.5, 0.6) is 0 Å². The number of rotatable bonds is 4. The van der Waals surface area contributed by atoms with Crippen LogP contribution in [0.3, 0.4) is 0 Å². The van der Waals surface area contributed by atoms with Crippen LogP contribution in [0.2, 0.25) is 0 Å². The molecular formula is C11H14N3O3. The molecule has 1 radical (unpaired) electrons. The minimum absolute atomic E-state index is 0.0912. The summed E-state index contributed by atoms with van der Waals surface area (Å²) in [5, 5.41) is 11.9. The molecule has 0 aliphatic carbocycles. The lowest BCUT2D eigenvalue weighted by molar-refractivity contribution is 0.0694. The molecule has 0 aliphatic heterocycles. The van der Waals surface area contributed by atoms with Gasteiger partial charge in [-0.1, -0.05) is 0 Å². The average Bonchev–Trinajstić information content (AvgIpc) is 2.25. The molecule has 0 atom stereocenters. The number of hydrogen-bond donors (Lipinski definition) is 3. The van der Waals surface area contributed by atoms with Gasteiger partial charge in [0.1, 0.15) is 5.69 Å². The highest BCUT2D eigenvalue weighted by molar-refractivity contribution is 5.97. The maximum atomic E-state index is 11.6. The van der Waals surface area contributed by atoms with Gasteiger partial charge in [0.05, 0.1) is 11.2 Å². The van der Waals surface area contributed by atoms with E-state index in [9.17, 15) is 14.7 Å². The number of nitrogens with zero attached hydrogens (tertiary/aromatic N) is 1. The molecule has 0 fully saturated rings. The van der Waals surface area contributed by atoms with Crippen LogP contribution in [0.15, 0.2) is 12.3 Å². The minimum atomic E-state index is -1.00. The lowest BCUT2D eigenvalue weighted by atomic mass is 10.1. The van der Waals surface area contributed by atoms with E-state index in [1.807, 2.05) is 0 Å². The van der Waals surface area contributed by atoms with Crippen LogP contribution in [0.25, 0.3) is 0 Å². The second-order valence-corrected chi connectivity index (χ2v) is 4.19. The summed E-state index contributed by atoms with van der Waals surface area (Å²) in [4.78, 5) is 26.2. The summed E-state index contributed by atoms with van der Waals surface area (Å²) >= 11 is 0. The van der Waals surface area contributed by atoms with Gasteiger partial charge < -0.3 is 16.2 Å². The van der Waals surface area contributed by atoms with Crippen LogP contribution in [0.4, 0.5) is 0 Å². The SMILES string of the molecule is CC(C)(O)CNC(=O)c1[c]c(C(N)=O)ncc1. The van der Waals surface area contributed by atoms with E-state index >= 15 is 0 Å². The highest BCUT2D eigenvalue weighted by atomic mass is 16.3. The van der Waals surface area contributed by atoms with Crippen molar-refractivity contribution in [2.24, 2.45) is 5.73 Å². The Morgan fingerprint density at radius 2 is 2.24 bits per heavy atom. The standard InChI is InChI=1S/C11H14N3O3/c1-11(2,17)6-14-10(16)7-3-4-13-8(5-7)9(12)15/h3-4,17H,6H2,1-2H3,(H2,12,15)(H,14,16). The maximum Gasteiger partial charge on any atom is 0.267 e. The molecule has 1 aromatic heterocycles. The maximum absolute atomic E-state index is 11.6. The summed E-state index contributed by atoms with van der Waals surface area (Å²) in [5.74, 6) is -1.20. The molecule has 0 bridgehead atoms. The van der Waals surface area contributed by atoms with Gasteiger partial charge in [-0.3, -0.25) is 14.6 Å². The van der Waals surface area contributed by atoms with E-state index in [2.05, 4.69) is 16.4 Å². The molecule has 91 valence electrons. The molecule has 0 saturated heterocycles. The van der Waals surface area contributed by atoms with Crippen molar-refractivity contribution in [3.05, 3.63) is 29.6 Å². The van der Waals surface area contributed by atoms with E-state index in [1.54, 1.807) is 13.8 Å². The first-order valence-corrected chi connectivity index (χ1v) is 4.98. The number of pyridine rings is 1. The summed E-state index contributed by atoms with van der Waals surface area (Å²) in [5.41, 5.74) is 4.07. The third kappa shape index (κ3) is 4.20. The number of nitrogens with one attached hydrogen (secondary N) is 1. The van der Waals surface area contributed by atoms with Crippen molar-refractivity contribution in [2.75, 3.05) is 6.54 Å². The lowest BCUT2D eigenvalue weighted by Gasteiger charge is -2.17. The molecular weight excluding hydrogens is 222 g/mol. The fraction of sp³-hybridized carbons (Fsp3) is 0.364. The summed E-state index contributed by atoms with van der Waals surface area (Å²) < 4.78 is 0. The monoisotopic (exact) mass is 236 g/mol. The van der Waals surface area contributed by atoms with Crippen molar-refractivity contribution in [1.29, 1.82) is 0 Å². The van der Waals surface area contributed by atoms with E-state index in [1.165, 1.54) is 12.3 Å². The quantitative estimate of drug-likeness (QED) is 0.654. The van der Waals surface area contributed by atoms with Gasteiger partial charge in [0.15, 0.2) is 0 Å². The average molecular weight is 236 g/mol. The predicted molar refractivity (Wildman–Crippen MR) is 60.2 cm³/mol. The first-order chi connectivity index (χ1) is 7.79. The van der Waals surface area contributed by atoms with Gasteiger partial charge in [-0.25, -0.2) is 0 Å². The Morgan fingerprint density at radius 3 is 2.76 bits per heavy atom. The van der Waals surface area contributed by atoms with Crippen LogP contribution < -0.4 is 11.1 Å². The third-order valence-electron chi connectivity index (χ3n) is 1.86. The van der Waals surface area contributed by atoms with Gasteiger partial charge in [0, 0.05) is 18.8 Å². The number of nitrogens with two attached hydrogens (primary N) is 1. The van der Waals surface area contributed by atoms with E-state index in [0.717, 1.165) is 0 Å². The minimum Gasteiger partial charge on any atom is -0.389 e. The van der Waals surface area contributed by atoms with Gasteiger partial charge in [-0.2, -0.15) is 0 Å². The van der Waals surface area contributed by atoms with Gasteiger partial charge in [-0.05, 0) is 19.9 Å². The second-order valence-electron chi connectivity index (χ2n) is 4.19. The Hall–Kier alpha value is -1.95. The molecule has 1 rings (SSSR count). The van der Waals surface area contributed by atoms with Crippen molar-refractivity contribution in [1.82, 2.24) is 10.3 Å². The first kappa shape index (κ1) is 13.1. The van der Waals surface area contributed by atoms with Crippen LogP contribution >= 0.6 is 0 Å². The predicted octanol–water partition coefficient (Wildman–Crippen LogP) is -0.519. The number of carbonyl (C=O) groups is 2. The fourth-order valence-electron chi connectivity index (χ4n) is 1.04. The van der Waals surface area contributed by atoms with Crippen LogP contribution in [0, 0.1) is 6.07 Å². The third-order valence-corrected chi connectivity index (χ3v) is 1.86. The van der Waals surface area contributed by atoms with Crippen LogP contribution in [-0.4, -0.2) is 34.1 Å². The molecule has 6 heteroatoms. The van der Waals surface area contributed by atoms with Crippen molar-refractivity contribution in [2.45, 2.75) is 19.4 Å². The molecule has 1 aromatic rings. The zero-order chi connectivity index (χ0) is 13.1. The fourth-order valence-corrected chi connectivity index (χ4v) is 1.04. The van der Waals surface area contributed by atoms with Gasteiger partial charge in [-0.15, -0.1) is 0 Å². The van der Waals surface area contributed by atoms with E-state index in [4.69, 9.17) is 5.73 Å². The van der Waals surface area contributed by atoms with Crippen LogP contribution in [-0.2, 0) is 0 Å². The topological polar surface area (TPSA) is 105 Å². The molecule has 4 N–H and O–H groups in total. The summed E-state index contributed by atoms with van der Waals surface area (Å²) in [6, 6.07) is 3.91. The molecule has 0 aromatic carbocycles. The number of aliphatic hydroxyl groups is 1. The van der Waals surface area contributed by atoms with Crippen molar-refractivity contribution in [3.8, 4) is 0 Å². The normalized spacial score (nSPS) is 11.0. The van der Waals surface area contributed by atoms with Gasteiger partial charge in [0.25, 0.3) is 11.8 Å². The van der Waals surface area contributed by atoms with Crippen molar-refractivity contribution < 1.29 is 14.7 Å². The zero-order valence-corrected chi connectivity index (χ0v) is 9.65. The number of aromatic nitrogens is 1. The van der Waals surface area contributed by atoms with Gasteiger partial charge in [0.2, 0.25) is 0 Å². The summed E-state index contributed by atoms with van der Waals surface area (Å²) in [7, 11) is 0. The highest BCUT2D eigenvalue weighted by Crippen LogP contribution is 2.02. The lowest BCUT2D eigenvalue weighted by Crippen LogP contribution is -2.38. The Balaban J connectivity index is 2.76. The van der Waals surface area contributed by atoms with Gasteiger partial charge >= 0.3 is 0 Å². The number of amides is 2.